The molecule has 0 radical (unpaired) electrons. The smallest absolute Gasteiger partial charge is 0.310 e. The van der Waals surface area contributed by atoms with Gasteiger partial charge in [-0.2, -0.15) is 0 Å². The number of aryl methyl sites for hydroxylation is 1. The van der Waals surface area contributed by atoms with E-state index >= 15 is 0 Å². The number of nitrogens with zero attached hydrogens (tertiary/aromatic N) is 2. The van der Waals surface area contributed by atoms with Gasteiger partial charge in [-0.3, -0.25) is 9.59 Å². The first-order valence-electron chi connectivity index (χ1n) is 7.70. The molecule has 1 unspecified atom stereocenters. The predicted octanol–water partition coefficient (Wildman–Crippen LogP) is 1.59. The summed E-state index contributed by atoms with van der Waals surface area (Å²) in [4.78, 5) is 25.8. The summed E-state index contributed by atoms with van der Waals surface area (Å²) in [7, 11) is 0. The number of carbonyl (C=O) groups is 2. The van der Waals surface area contributed by atoms with Crippen molar-refractivity contribution in [2.24, 2.45) is 5.92 Å². The number of likely N-dealkylation sites (tertiary alicyclic amines) is 1. The average molecular weight is 309 g/mol. The van der Waals surface area contributed by atoms with Crippen molar-refractivity contribution in [1.29, 1.82) is 0 Å². The second-order valence-corrected chi connectivity index (χ2v) is 5.51. The van der Waals surface area contributed by atoms with Crippen LogP contribution >= 0.6 is 0 Å². The number of anilines is 1. The Morgan fingerprint density at radius 3 is 3.05 bits per heavy atom. The van der Waals surface area contributed by atoms with E-state index in [0.29, 0.717) is 37.7 Å². The molecule has 0 aromatic carbocycles. The van der Waals surface area contributed by atoms with Crippen molar-refractivity contribution in [3.05, 3.63) is 11.8 Å². The Morgan fingerprint density at radius 1 is 1.55 bits per heavy atom. The van der Waals surface area contributed by atoms with Gasteiger partial charge in [-0.1, -0.05) is 5.16 Å². The Balaban J connectivity index is 1.73. The van der Waals surface area contributed by atoms with Gasteiger partial charge in [0.25, 0.3) is 0 Å². The molecule has 1 fully saturated rings. The molecule has 0 spiro atoms. The fraction of sp³-hybridized carbons (Fsp3) is 0.667. The third-order valence-electron chi connectivity index (χ3n) is 3.68. The van der Waals surface area contributed by atoms with Gasteiger partial charge in [0, 0.05) is 25.6 Å². The van der Waals surface area contributed by atoms with Gasteiger partial charge in [-0.25, -0.2) is 0 Å². The van der Waals surface area contributed by atoms with E-state index in [1.165, 1.54) is 0 Å². The number of hydrogen-bond donors (Lipinski definition) is 1. The van der Waals surface area contributed by atoms with Crippen LogP contribution in [0.3, 0.4) is 0 Å². The van der Waals surface area contributed by atoms with Gasteiger partial charge in [0.05, 0.1) is 12.5 Å². The third-order valence-corrected chi connectivity index (χ3v) is 3.68. The summed E-state index contributed by atoms with van der Waals surface area (Å²) < 4.78 is 9.97. The molecule has 7 nitrogen and oxygen atoms in total. The molecule has 1 aliphatic rings. The minimum absolute atomic E-state index is 0.0741. The lowest BCUT2D eigenvalue weighted by Gasteiger charge is -2.31. The van der Waals surface area contributed by atoms with Crippen LogP contribution in [0.5, 0.6) is 0 Å². The zero-order valence-electron chi connectivity index (χ0n) is 13.1. The van der Waals surface area contributed by atoms with Crippen LogP contribution in [0.1, 0.15) is 31.9 Å². The van der Waals surface area contributed by atoms with Crippen LogP contribution in [-0.4, -0.2) is 48.2 Å². The fourth-order valence-corrected chi connectivity index (χ4v) is 2.60. The molecule has 1 aromatic heterocycles. The van der Waals surface area contributed by atoms with Gasteiger partial charge in [0.15, 0.2) is 5.82 Å². The maximum atomic E-state index is 11.9. The maximum absolute atomic E-state index is 11.9. The molecule has 1 aromatic rings. The molecule has 2 heterocycles. The van der Waals surface area contributed by atoms with Crippen molar-refractivity contribution in [3.8, 4) is 0 Å². The quantitative estimate of drug-likeness (QED) is 0.803. The molecule has 1 N–H and O–H groups in total. The van der Waals surface area contributed by atoms with E-state index in [4.69, 9.17) is 9.26 Å². The largest absolute Gasteiger partial charge is 0.466 e. The van der Waals surface area contributed by atoms with Crippen molar-refractivity contribution >= 4 is 17.7 Å². The van der Waals surface area contributed by atoms with Crippen molar-refractivity contribution in [1.82, 2.24) is 10.1 Å². The van der Waals surface area contributed by atoms with Gasteiger partial charge in [-0.05, 0) is 33.2 Å². The second-order valence-electron chi connectivity index (χ2n) is 5.51. The fourth-order valence-electron chi connectivity index (χ4n) is 2.60. The predicted molar refractivity (Wildman–Crippen MR) is 80.3 cm³/mol. The third kappa shape index (κ3) is 4.84. The van der Waals surface area contributed by atoms with E-state index in [1.54, 1.807) is 13.0 Å². The SMILES string of the molecule is CCOC(=O)C1CCCN(CCC(=O)Nc2cc(C)on2)C1. The van der Waals surface area contributed by atoms with Crippen LogP contribution in [-0.2, 0) is 14.3 Å². The zero-order valence-corrected chi connectivity index (χ0v) is 13.1. The molecule has 22 heavy (non-hydrogen) atoms. The lowest BCUT2D eigenvalue weighted by Crippen LogP contribution is -2.40. The molecule has 1 atom stereocenters. The van der Waals surface area contributed by atoms with Gasteiger partial charge in [0.2, 0.25) is 5.91 Å². The summed E-state index contributed by atoms with van der Waals surface area (Å²) in [6.45, 7) is 6.19. The Labute approximate surface area is 130 Å². The van der Waals surface area contributed by atoms with E-state index < -0.39 is 0 Å². The molecule has 122 valence electrons. The van der Waals surface area contributed by atoms with Gasteiger partial charge in [-0.15, -0.1) is 0 Å². The molecule has 0 aliphatic carbocycles. The highest BCUT2D eigenvalue weighted by atomic mass is 16.5. The maximum Gasteiger partial charge on any atom is 0.310 e. The standard InChI is InChI=1S/C15H23N3O4/c1-3-21-15(20)12-5-4-7-18(10-12)8-6-14(19)16-13-9-11(2)22-17-13/h9,12H,3-8,10H2,1-2H3,(H,16,17,19). The van der Waals surface area contributed by atoms with Crippen LogP contribution in [0, 0.1) is 12.8 Å². The first kappa shape index (κ1) is 16.5. The summed E-state index contributed by atoms with van der Waals surface area (Å²) in [5.74, 6) is 0.783. The molecule has 0 bridgehead atoms. The number of ether oxygens (including phenoxy) is 1. The first-order chi connectivity index (χ1) is 10.6. The van der Waals surface area contributed by atoms with E-state index in [2.05, 4.69) is 15.4 Å². The number of hydrogen-bond acceptors (Lipinski definition) is 6. The monoisotopic (exact) mass is 309 g/mol. The molecule has 2 rings (SSSR count). The zero-order chi connectivity index (χ0) is 15.9. The van der Waals surface area contributed by atoms with Crippen LogP contribution in [0.25, 0.3) is 0 Å². The summed E-state index contributed by atoms with van der Waals surface area (Å²) in [5.41, 5.74) is 0. The topological polar surface area (TPSA) is 84.7 Å². The Morgan fingerprint density at radius 2 is 2.36 bits per heavy atom. The number of piperidine rings is 1. The minimum Gasteiger partial charge on any atom is -0.466 e. The Hall–Kier alpha value is -1.89. The molecule has 7 heteroatoms. The highest BCUT2D eigenvalue weighted by Crippen LogP contribution is 2.18. The van der Waals surface area contributed by atoms with E-state index in [9.17, 15) is 9.59 Å². The summed E-state index contributed by atoms with van der Waals surface area (Å²) in [6.07, 6.45) is 2.18. The summed E-state index contributed by atoms with van der Waals surface area (Å²) in [6, 6.07) is 1.68. The van der Waals surface area contributed by atoms with Gasteiger partial charge in [0.1, 0.15) is 5.76 Å². The first-order valence-corrected chi connectivity index (χ1v) is 7.70. The van der Waals surface area contributed by atoms with Gasteiger partial charge >= 0.3 is 5.97 Å². The molecule has 0 saturated carbocycles. The van der Waals surface area contributed by atoms with Crippen LogP contribution in [0.4, 0.5) is 5.82 Å². The van der Waals surface area contributed by atoms with Crippen molar-refractivity contribution in [3.63, 3.8) is 0 Å². The van der Waals surface area contributed by atoms with E-state index in [-0.39, 0.29) is 17.8 Å². The molecule has 1 aliphatic heterocycles. The number of carbonyl (C=O) groups excluding carboxylic acids is 2. The average Bonchev–Trinajstić information content (AvgIpc) is 2.91. The lowest BCUT2D eigenvalue weighted by atomic mass is 9.98. The molecule has 1 saturated heterocycles. The van der Waals surface area contributed by atoms with Crippen LogP contribution in [0.15, 0.2) is 10.6 Å². The highest BCUT2D eigenvalue weighted by molar-refractivity contribution is 5.89. The van der Waals surface area contributed by atoms with E-state index in [0.717, 1.165) is 19.4 Å². The molecular formula is C15H23N3O4. The highest BCUT2D eigenvalue weighted by Gasteiger charge is 2.26. The lowest BCUT2D eigenvalue weighted by molar-refractivity contribution is -0.149. The minimum atomic E-state index is -0.130. The molecule has 1 amide bonds. The number of nitrogens with one attached hydrogen (secondary N) is 1. The molecular weight excluding hydrogens is 286 g/mol. The van der Waals surface area contributed by atoms with Crippen molar-refractivity contribution in [2.75, 3.05) is 31.6 Å². The number of aromatic nitrogens is 1. The van der Waals surface area contributed by atoms with Crippen molar-refractivity contribution < 1.29 is 18.8 Å². The Bertz CT molecular complexity index is 515. The Kier molecular flexibility index (Phi) is 5.94. The second kappa shape index (κ2) is 7.93. The summed E-state index contributed by atoms with van der Waals surface area (Å²) >= 11 is 0. The number of esters is 1. The summed E-state index contributed by atoms with van der Waals surface area (Å²) in [5, 5.41) is 6.42. The van der Waals surface area contributed by atoms with E-state index in [1.807, 2.05) is 6.92 Å². The van der Waals surface area contributed by atoms with Gasteiger partial charge < -0.3 is 19.5 Å². The van der Waals surface area contributed by atoms with Crippen molar-refractivity contribution in [2.45, 2.75) is 33.1 Å². The normalized spacial score (nSPS) is 18.9. The number of amides is 1. The van der Waals surface area contributed by atoms with Crippen LogP contribution in [0.2, 0.25) is 0 Å². The number of rotatable bonds is 6. The van der Waals surface area contributed by atoms with Crippen LogP contribution < -0.4 is 5.32 Å².